The Balaban J connectivity index is 2.16. The zero-order valence-corrected chi connectivity index (χ0v) is 13.5. The molecule has 5 nitrogen and oxygen atoms in total. The van der Waals surface area contributed by atoms with E-state index in [4.69, 9.17) is 28.6 Å². The minimum Gasteiger partial charge on any atom is -0.497 e. The zero-order valence-electron chi connectivity index (χ0n) is 12.0. The maximum absolute atomic E-state index is 6.16. The van der Waals surface area contributed by atoms with E-state index in [2.05, 4.69) is 27.4 Å². The van der Waals surface area contributed by atoms with Gasteiger partial charge in [0.2, 0.25) is 0 Å². The van der Waals surface area contributed by atoms with Crippen LogP contribution in [0.15, 0.2) is 42.0 Å². The first kappa shape index (κ1) is 16.2. The average molecular weight is 335 g/mol. The van der Waals surface area contributed by atoms with Crippen LogP contribution in [0.5, 0.6) is 5.75 Å². The quantitative estimate of drug-likeness (QED) is 0.289. The molecule has 114 valence electrons. The maximum Gasteiger partial charge on any atom is 0.187 e. The molecule has 1 aromatic heterocycles. The second-order valence-electron chi connectivity index (χ2n) is 4.30. The fourth-order valence-corrected chi connectivity index (χ4v) is 2.05. The van der Waals surface area contributed by atoms with Crippen molar-refractivity contribution in [2.75, 3.05) is 13.7 Å². The molecule has 22 heavy (non-hydrogen) atoms. The van der Waals surface area contributed by atoms with Crippen molar-refractivity contribution in [3.63, 3.8) is 0 Å². The number of methoxy groups -OCH3 is 1. The highest BCUT2D eigenvalue weighted by Gasteiger charge is 2.04. The molecule has 0 unspecified atom stereocenters. The SMILES string of the molecule is C=CCNC(=S)NN=Cc1cc2ccc(OC)cc2nc1Cl. The first-order valence-electron chi connectivity index (χ1n) is 6.46. The summed E-state index contributed by atoms with van der Waals surface area (Å²) in [6.07, 6.45) is 3.27. The van der Waals surface area contributed by atoms with Crippen LogP contribution in [0.1, 0.15) is 5.56 Å². The fourth-order valence-electron chi connectivity index (χ4n) is 1.72. The molecule has 0 atom stereocenters. The topological polar surface area (TPSA) is 58.5 Å². The molecule has 0 amide bonds. The first-order chi connectivity index (χ1) is 10.6. The normalized spacial score (nSPS) is 10.6. The molecule has 1 heterocycles. The standard InChI is InChI=1S/C15H15ClN4OS/c1-3-6-17-15(22)20-18-9-11-7-10-4-5-12(21-2)8-13(10)19-14(11)16/h3-5,7-9H,1,6H2,2H3,(H2,17,20,22). The third-order valence-electron chi connectivity index (χ3n) is 2.78. The van der Waals surface area contributed by atoms with Crippen molar-refractivity contribution in [1.29, 1.82) is 0 Å². The summed E-state index contributed by atoms with van der Waals surface area (Å²) in [7, 11) is 1.61. The Morgan fingerprint density at radius 2 is 2.32 bits per heavy atom. The van der Waals surface area contributed by atoms with Gasteiger partial charge in [-0.25, -0.2) is 4.98 Å². The van der Waals surface area contributed by atoms with Crippen molar-refractivity contribution in [2.24, 2.45) is 5.10 Å². The van der Waals surface area contributed by atoms with Crippen LogP contribution in [-0.2, 0) is 0 Å². The van der Waals surface area contributed by atoms with Crippen LogP contribution in [0.3, 0.4) is 0 Å². The Morgan fingerprint density at radius 1 is 1.50 bits per heavy atom. The van der Waals surface area contributed by atoms with Gasteiger partial charge in [0, 0.05) is 23.6 Å². The second kappa shape index (κ2) is 7.72. The van der Waals surface area contributed by atoms with Crippen LogP contribution < -0.4 is 15.5 Å². The van der Waals surface area contributed by atoms with E-state index in [1.54, 1.807) is 19.4 Å². The summed E-state index contributed by atoms with van der Waals surface area (Å²) in [5.74, 6) is 0.734. The van der Waals surface area contributed by atoms with Crippen LogP contribution in [0.2, 0.25) is 5.15 Å². The van der Waals surface area contributed by atoms with E-state index in [-0.39, 0.29) is 0 Å². The van der Waals surface area contributed by atoms with Crippen LogP contribution in [-0.4, -0.2) is 30.0 Å². The lowest BCUT2D eigenvalue weighted by atomic mass is 10.1. The molecule has 7 heteroatoms. The van der Waals surface area contributed by atoms with E-state index in [1.165, 1.54) is 0 Å². The summed E-state index contributed by atoms with van der Waals surface area (Å²) >= 11 is 11.2. The van der Waals surface area contributed by atoms with Crippen molar-refractivity contribution in [1.82, 2.24) is 15.7 Å². The molecule has 0 fully saturated rings. The summed E-state index contributed by atoms with van der Waals surface area (Å²) in [5.41, 5.74) is 4.15. The lowest BCUT2D eigenvalue weighted by Crippen LogP contribution is -2.31. The van der Waals surface area contributed by atoms with Gasteiger partial charge < -0.3 is 10.1 Å². The summed E-state index contributed by atoms with van der Waals surface area (Å²) in [6, 6.07) is 7.51. The fraction of sp³-hybridized carbons (Fsp3) is 0.133. The number of hydrazone groups is 1. The van der Waals surface area contributed by atoms with Gasteiger partial charge in [0.15, 0.2) is 5.11 Å². The average Bonchev–Trinajstić information content (AvgIpc) is 2.52. The predicted octanol–water partition coefficient (Wildman–Crippen LogP) is 2.88. The number of fused-ring (bicyclic) bond motifs is 1. The number of hydrogen-bond donors (Lipinski definition) is 2. The van der Waals surface area contributed by atoms with Crippen molar-refractivity contribution < 1.29 is 4.74 Å². The number of aromatic nitrogens is 1. The van der Waals surface area contributed by atoms with Gasteiger partial charge in [0.25, 0.3) is 0 Å². The van der Waals surface area contributed by atoms with Crippen molar-refractivity contribution in [2.45, 2.75) is 0 Å². The lowest BCUT2D eigenvalue weighted by molar-refractivity contribution is 0.415. The van der Waals surface area contributed by atoms with Crippen LogP contribution in [0.4, 0.5) is 0 Å². The Labute approximate surface area is 139 Å². The Kier molecular flexibility index (Phi) is 5.68. The van der Waals surface area contributed by atoms with Crippen LogP contribution in [0, 0.1) is 0 Å². The lowest BCUT2D eigenvalue weighted by Gasteiger charge is -2.05. The smallest absolute Gasteiger partial charge is 0.187 e. The van der Waals surface area contributed by atoms with E-state index < -0.39 is 0 Å². The maximum atomic E-state index is 6.16. The Morgan fingerprint density at radius 3 is 3.05 bits per heavy atom. The molecule has 0 radical (unpaired) electrons. The number of nitrogens with one attached hydrogen (secondary N) is 2. The van der Waals surface area contributed by atoms with Gasteiger partial charge in [-0.3, -0.25) is 5.43 Å². The molecule has 0 spiro atoms. The van der Waals surface area contributed by atoms with E-state index >= 15 is 0 Å². The highest BCUT2D eigenvalue weighted by molar-refractivity contribution is 7.80. The number of pyridine rings is 1. The molecule has 0 saturated carbocycles. The van der Waals surface area contributed by atoms with Gasteiger partial charge >= 0.3 is 0 Å². The Hall–Kier alpha value is -2.18. The summed E-state index contributed by atoms with van der Waals surface area (Å²) in [5, 5.41) is 8.64. The number of hydrogen-bond acceptors (Lipinski definition) is 4. The van der Waals surface area contributed by atoms with Gasteiger partial charge in [0.1, 0.15) is 10.9 Å². The molecule has 0 saturated heterocycles. The van der Waals surface area contributed by atoms with Crippen molar-refractivity contribution in [3.05, 3.63) is 47.6 Å². The molecule has 1 aromatic carbocycles. The van der Waals surface area contributed by atoms with E-state index in [0.29, 0.717) is 22.4 Å². The van der Waals surface area contributed by atoms with E-state index in [0.717, 1.165) is 16.7 Å². The molecule has 2 rings (SSSR count). The van der Waals surface area contributed by atoms with Crippen molar-refractivity contribution in [3.8, 4) is 5.75 Å². The highest BCUT2D eigenvalue weighted by atomic mass is 35.5. The highest BCUT2D eigenvalue weighted by Crippen LogP contribution is 2.23. The van der Waals surface area contributed by atoms with Crippen LogP contribution >= 0.6 is 23.8 Å². The number of nitrogens with zero attached hydrogens (tertiary/aromatic N) is 2. The summed E-state index contributed by atoms with van der Waals surface area (Å²) in [6.45, 7) is 4.16. The number of halogens is 1. The molecule has 2 aromatic rings. The van der Waals surface area contributed by atoms with Gasteiger partial charge in [-0.1, -0.05) is 17.7 Å². The van der Waals surface area contributed by atoms with Gasteiger partial charge in [-0.05, 0) is 30.4 Å². The molecule has 2 N–H and O–H groups in total. The van der Waals surface area contributed by atoms with Gasteiger partial charge in [-0.15, -0.1) is 6.58 Å². The molecule has 0 bridgehead atoms. The van der Waals surface area contributed by atoms with E-state index in [9.17, 15) is 0 Å². The van der Waals surface area contributed by atoms with Crippen LogP contribution in [0.25, 0.3) is 10.9 Å². The molecule has 0 aliphatic heterocycles. The summed E-state index contributed by atoms with van der Waals surface area (Å²) in [4.78, 5) is 4.34. The monoisotopic (exact) mass is 334 g/mol. The van der Waals surface area contributed by atoms with E-state index in [1.807, 2.05) is 24.3 Å². The predicted molar refractivity (Wildman–Crippen MR) is 94.8 cm³/mol. The van der Waals surface area contributed by atoms with Gasteiger partial charge in [-0.2, -0.15) is 5.10 Å². The first-order valence-corrected chi connectivity index (χ1v) is 7.24. The minimum absolute atomic E-state index is 0.358. The zero-order chi connectivity index (χ0) is 15.9. The number of rotatable bonds is 5. The number of benzene rings is 1. The third kappa shape index (κ3) is 4.16. The molecular formula is C15H15ClN4OS. The molecule has 0 aliphatic rings. The van der Waals surface area contributed by atoms with Crippen molar-refractivity contribution >= 4 is 46.0 Å². The molecular weight excluding hydrogens is 320 g/mol. The largest absolute Gasteiger partial charge is 0.497 e. The minimum atomic E-state index is 0.358. The molecule has 0 aliphatic carbocycles. The van der Waals surface area contributed by atoms with Gasteiger partial charge in [0.05, 0.1) is 18.8 Å². The number of ether oxygens (including phenoxy) is 1. The second-order valence-corrected chi connectivity index (χ2v) is 5.06. The Bertz CT molecular complexity index is 733. The number of thiocarbonyl (C=S) groups is 1. The third-order valence-corrected chi connectivity index (χ3v) is 3.32. The summed E-state index contributed by atoms with van der Waals surface area (Å²) < 4.78 is 5.17.